The molecule has 0 spiro atoms. The maximum Gasteiger partial charge on any atom is 0.268 e. The molecular formula is C21H14BrFN4O3. The van der Waals surface area contributed by atoms with Crippen LogP contribution in [0.1, 0.15) is 16.7 Å². The molecule has 0 fully saturated rings. The van der Waals surface area contributed by atoms with Crippen LogP contribution < -0.4 is 20.8 Å². The van der Waals surface area contributed by atoms with Gasteiger partial charge >= 0.3 is 0 Å². The number of halogens is 2. The Morgan fingerprint density at radius 2 is 1.93 bits per heavy atom. The highest BCUT2D eigenvalue weighted by atomic mass is 79.9. The SMILES string of the molecule is COc1cc(-c2c(C#N)c(N)[nH]c(=O)c2C#N)cc(Br)c1OCc1cccc(F)c1. The van der Waals surface area contributed by atoms with Gasteiger partial charge in [0.25, 0.3) is 5.56 Å². The number of nitrogen functional groups attached to an aromatic ring is 1. The zero-order chi connectivity index (χ0) is 21.8. The predicted octanol–water partition coefficient (Wildman–Crippen LogP) is 3.86. The van der Waals surface area contributed by atoms with Crippen molar-refractivity contribution in [3.05, 3.63) is 73.7 Å². The van der Waals surface area contributed by atoms with Crippen molar-refractivity contribution in [2.24, 2.45) is 0 Å². The largest absolute Gasteiger partial charge is 0.493 e. The predicted molar refractivity (Wildman–Crippen MR) is 111 cm³/mol. The molecule has 2 aromatic carbocycles. The van der Waals surface area contributed by atoms with E-state index in [9.17, 15) is 19.7 Å². The Morgan fingerprint density at radius 1 is 1.20 bits per heavy atom. The van der Waals surface area contributed by atoms with Gasteiger partial charge in [0.15, 0.2) is 11.5 Å². The first-order valence-corrected chi connectivity index (χ1v) is 9.30. The molecule has 150 valence electrons. The van der Waals surface area contributed by atoms with E-state index < -0.39 is 5.56 Å². The smallest absolute Gasteiger partial charge is 0.268 e. The lowest BCUT2D eigenvalue weighted by Crippen LogP contribution is -2.16. The Morgan fingerprint density at radius 3 is 2.57 bits per heavy atom. The van der Waals surface area contributed by atoms with Gasteiger partial charge in [0.1, 0.15) is 41.5 Å². The van der Waals surface area contributed by atoms with Gasteiger partial charge in [-0.25, -0.2) is 4.39 Å². The van der Waals surface area contributed by atoms with Gasteiger partial charge in [-0.1, -0.05) is 12.1 Å². The van der Waals surface area contributed by atoms with Crippen molar-refractivity contribution in [1.29, 1.82) is 10.5 Å². The summed E-state index contributed by atoms with van der Waals surface area (Å²) >= 11 is 3.39. The fraction of sp³-hybridized carbons (Fsp3) is 0.0952. The van der Waals surface area contributed by atoms with Gasteiger partial charge in [-0.3, -0.25) is 4.79 Å². The monoisotopic (exact) mass is 468 g/mol. The van der Waals surface area contributed by atoms with Gasteiger partial charge in [0, 0.05) is 5.56 Å². The Labute approximate surface area is 179 Å². The zero-order valence-electron chi connectivity index (χ0n) is 15.6. The number of pyridine rings is 1. The van der Waals surface area contributed by atoms with E-state index in [0.29, 0.717) is 21.3 Å². The summed E-state index contributed by atoms with van der Waals surface area (Å²) in [5.74, 6) is 0.0956. The molecule has 0 amide bonds. The van der Waals surface area contributed by atoms with Gasteiger partial charge in [-0.15, -0.1) is 0 Å². The van der Waals surface area contributed by atoms with Crippen LogP contribution in [0.3, 0.4) is 0 Å². The first kappa shape index (κ1) is 20.9. The summed E-state index contributed by atoms with van der Waals surface area (Å²) in [5.41, 5.74) is 5.86. The summed E-state index contributed by atoms with van der Waals surface area (Å²) in [5, 5.41) is 18.9. The second-order valence-corrected chi connectivity index (χ2v) is 6.98. The van der Waals surface area contributed by atoms with Crippen LogP contribution in [0.2, 0.25) is 0 Å². The molecule has 0 saturated heterocycles. The second kappa shape index (κ2) is 8.68. The van der Waals surface area contributed by atoms with E-state index in [1.165, 1.54) is 25.3 Å². The van der Waals surface area contributed by atoms with Crippen molar-refractivity contribution in [2.75, 3.05) is 12.8 Å². The van der Waals surface area contributed by atoms with E-state index in [0.717, 1.165) is 0 Å². The normalized spacial score (nSPS) is 10.2. The lowest BCUT2D eigenvalue weighted by molar-refractivity contribution is 0.282. The average molecular weight is 469 g/mol. The highest BCUT2D eigenvalue weighted by Gasteiger charge is 2.21. The Hall–Kier alpha value is -3.82. The molecule has 9 heteroatoms. The lowest BCUT2D eigenvalue weighted by atomic mass is 9.96. The topological polar surface area (TPSA) is 125 Å². The lowest BCUT2D eigenvalue weighted by Gasteiger charge is -2.16. The van der Waals surface area contributed by atoms with Crippen LogP contribution in [0.4, 0.5) is 10.2 Å². The fourth-order valence-corrected chi connectivity index (χ4v) is 3.47. The quantitative estimate of drug-likeness (QED) is 0.585. The molecule has 30 heavy (non-hydrogen) atoms. The van der Waals surface area contributed by atoms with E-state index in [1.54, 1.807) is 18.2 Å². The number of nitrogens with zero attached hydrogens (tertiary/aromatic N) is 2. The second-order valence-electron chi connectivity index (χ2n) is 6.12. The molecule has 0 bridgehead atoms. The summed E-state index contributed by atoms with van der Waals surface area (Å²) < 4.78 is 25.0. The van der Waals surface area contributed by atoms with E-state index in [4.69, 9.17) is 15.2 Å². The van der Waals surface area contributed by atoms with Gasteiger partial charge in [-0.05, 0) is 51.3 Å². The molecule has 0 saturated carbocycles. The molecule has 3 N–H and O–H groups in total. The van der Waals surface area contributed by atoms with E-state index in [1.807, 2.05) is 12.1 Å². The maximum atomic E-state index is 13.4. The third-order valence-corrected chi connectivity index (χ3v) is 4.85. The van der Waals surface area contributed by atoms with Gasteiger partial charge in [0.05, 0.1) is 11.6 Å². The highest BCUT2D eigenvalue weighted by molar-refractivity contribution is 9.10. The molecule has 0 atom stereocenters. The van der Waals surface area contributed by atoms with Gasteiger partial charge in [-0.2, -0.15) is 10.5 Å². The number of aromatic nitrogens is 1. The summed E-state index contributed by atoms with van der Waals surface area (Å²) in [6, 6.07) is 12.8. The minimum Gasteiger partial charge on any atom is -0.493 e. The number of hydrogen-bond donors (Lipinski definition) is 2. The molecule has 0 aliphatic heterocycles. The molecule has 0 aliphatic rings. The Balaban J connectivity index is 2.11. The Kier molecular flexibility index (Phi) is 6.05. The average Bonchev–Trinajstić information content (AvgIpc) is 2.72. The zero-order valence-corrected chi connectivity index (χ0v) is 17.2. The summed E-state index contributed by atoms with van der Waals surface area (Å²) in [7, 11) is 1.42. The summed E-state index contributed by atoms with van der Waals surface area (Å²) in [6.07, 6.45) is 0. The fourth-order valence-electron chi connectivity index (χ4n) is 2.92. The number of H-pyrrole nitrogens is 1. The summed E-state index contributed by atoms with van der Waals surface area (Å²) in [6.45, 7) is 0.0803. The third kappa shape index (κ3) is 3.97. The molecule has 3 aromatic rings. The van der Waals surface area contributed by atoms with Crippen LogP contribution in [0.15, 0.2) is 45.7 Å². The summed E-state index contributed by atoms with van der Waals surface area (Å²) in [4.78, 5) is 14.5. The Bertz CT molecular complexity index is 1270. The van der Waals surface area contributed by atoms with Crippen LogP contribution in [0, 0.1) is 28.5 Å². The van der Waals surface area contributed by atoms with Crippen LogP contribution in [0.5, 0.6) is 11.5 Å². The van der Waals surface area contributed by atoms with E-state index >= 15 is 0 Å². The number of ether oxygens (including phenoxy) is 2. The van der Waals surface area contributed by atoms with Crippen LogP contribution in [0.25, 0.3) is 11.1 Å². The highest BCUT2D eigenvalue weighted by Crippen LogP contribution is 2.41. The first-order chi connectivity index (χ1) is 14.4. The van der Waals surface area contributed by atoms with E-state index in [-0.39, 0.29) is 40.7 Å². The minimum atomic E-state index is -0.703. The number of anilines is 1. The number of methoxy groups -OCH3 is 1. The van der Waals surface area contributed by atoms with Crippen molar-refractivity contribution >= 4 is 21.7 Å². The van der Waals surface area contributed by atoms with Crippen LogP contribution in [-0.2, 0) is 6.61 Å². The molecule has 1 heterocycles. The minimum absolute atomic E-state index is 0.0338. The molecular weight excluding hydrogens is 455 g/mol. The third-order valence-electron chi connectivity index (χ3n) is 4.26. The number of nitriles is 2. The first-order valence-electron chi connectivity index (χ1n) is 8.50. The number of nitrogens with one attached hydrogen (secondary N) is 1. The molecule has 7 nitrogen and oxygen atoms in total. The molecule has 0 aliphatic carbocycles. The molecule has 0 radical (unpaired) electrons. The number of hydrogen-bond acceptors (Lipinski definition) is 6. The van der Waals surface area contributed by atoms with E-state index in [2.05, 4.69) is 20.9 Å². The van der Waals surface area contributed by atoms with Crippen molar-refractivity contribution in [2.45, 2.75) is 6.61 Å². The van der Waals surface area contributed by atoms with Crippen molar-refractivity contribution in [3.8, 4) is 34.8 Å². The van der Waals surface area contributed by atoms with Gasteiger partial charge in [0.2, 0.25) is 0 Å². The van der Waals surface area contributed by atoms with Crippen molar-refractivity contribution < 1.29 is 13.9 Å². The maximum absolute atomic E-state index is 13.4. The number of benzene rings is 2. The van der Waals surface area contributed by atoms with Crippen LogP contribution >= 0.6 is 15.9 Å². The number of rotatable bonds is 5. The van der Waals surface area contributed by atoms with Crippen molar-refractivity contribution in [1.82, 2.24) is 4.98 Å². The van der Waals surface area contributed by atoms with Crippen molar-refractivity contribution in [3.63, 3.8) is 0 Å². The molecule has 0 unspecified atom stereocenters. The van der Waals surface area contributed by atoms with Gasteiger partial charge < -0.3 is 20.2 Å². The van der Waals surface area contributed by atoms with Crippen LogP contribution in [-0.4, -0.2) is 12.1 Å². The number of nitrogens with two attached hydrogens (primary N) is 1. The number of aromatic amines is 1. The molecule has 1 aromatic heterocycles. The molecule has 3 rings (SSSR count). The standard InChI is InChI=1S/C21H14BrFN4O3/c1-29-17-7-12(18-14(8-24)20(26)27-21(28)15(18)9-25)6-16(22)19(17)30-10-11-3-2-4-13(23)5-11/h2-7H,10H2,1H3,(H3,26,27,28).